The summed E-state index contributed by atoms with van der Waals surface area (Å²) in [6, 6.07) is -0.493. The van der Waals surface area contributed by atoms with Gasteiger partial charge in [-0.1, -0.05) is 36.4 Å². The number of hydrogen-bond acceptors (Lipinski definition) is 6. The van der Waals surface area contributed by atoms with Crippen LogP contribution in [0, 0.1) is 5.92 Å². The Labute approximate surface area is 164 Å². The molecular weight excluding hydrogens is 366 g/mol. The van der Waals surface area contributed by atoms with E-state index in [-0.39, 0.29) is 23.7 Å². The lowest BCUT2D eigenvalue weighted by Crippen LogP contribution is -2.58. The first-order valence-corrected chi connectivity index (χ1v) is 10.7. The van der Waals surface area contributed by atoms with E-state index < -0.39 is 17.9 Å². The molecule has 3 aliphatic rings. The van der Waals surface area contributed by atoms with Crippen LogP contribution in [0.15, 0.2) is 23.8 Å². The van der Waals surface area contributed by atoms with Crippen LogP contribution in [0.1, 0.15) is 52.4 Å². The number of carbonyl (C=O) groups is 2. The van der Waals surface area contributed by atoms with E-state index in [1.54, 1.807) is 6.08 Å². The van der Waals surface area contributed by atoms with Crippen LogP contribution in [0.25, 0.3) is 0 Å². The average Bonchev–Trinajstić information content (AvgIpc) is 3.03. The second-order valence-electron chi connectivity index (χ2n) is 7.89. The van der Waals surface area contributed by atoms with Crippen molar-refractivity contribution in [3.05, 3.63) is 23.8 Å². The fourth-order valence-corrected chi connectivity index (χ4v) is 4.75. The Bertz CT molecular complexity index is 634. The van der Waals surface area contributed by atoms with Crippen LogP contribution in [0.5, 0.6) is 0 Å². The molecule has 2 N–H and O–H groups in total. The minimum Gasteiger partial charge on any atom is -0.459 e. The molecule has 27 heavy (non-hydrogen) atoms. The highest BCUT2D eigenvalue weighted by Gasteiger charge is 2.49. The Kier molecular flexibility index (Phi) is 6.65. The van der Waals surface area contributed by atoms with Crippen molar-refractivity contribution in [2.75, 3.05) is 5.75 Å². The lowest BCUT2D eigenvalue weighted by Gasteiger charge is -2.43. The highest BCUT2D eigenvalue weighted by atomic mass is 32.2. The standard InChI is InChI=1S/C20H29NO5S/c1-13-5-3-4-6-14(2)9-18(22)25-16-10-15(8-7-13)26-20(24,11-16)17-12-27-19(23)21-17/h3,5,9,13,15-17,24H,4,6-8,10-12H2,1-2H3,(H,21,23)/b5-3-,14-9-/t13?,15-,16-,17?,20-/m1/s1. The van der Waals surface area contributed by atoms with Gasteiger partial charge in [0.15, 0.2) is 5.79 Å². The molecule has 2 bridgehead atoms. The van der Waals surface area contributed by atoms with Crippen molar-refractivity contribution < 1.29 is 24.2 Å². The maximum absolute atomic E-state index is 12.3. The van der Waals surface area contributed by atoms with Crippen LogP contribution in [-0.2, 0) is 14.3 Å². The maximum atomic E-state index is 12.3. The number of amides is 1. The Balaban J connectivity index is 1.78. The van der Waals surface area contributed by atoms with E-state index in [1.807, 2.05) is 6.92 Å². The highest BCUT2D eigenvalue weighted by Crippen LogP contribution is 2.37. The molecule has 0 aromatic carbocycles. The van der Waals surface area contributed by atoms with Gasteiger partial charge in [0.05, 0.1) is 12.1 Å². The van der Waals surface area contributed by atoms with E-state index in [0.29, 0.717) is 18.1 Å². The van der Waals surface area contributed by atoms with E-state index in [4.69, 9.17) is 9.47 Å². The van der Waals surface area contributed by atoms with Gasteiger partial charge in [0.2, 0.25) is 0 Å². The molecule has 0 aliphatic carbocycles. The van der Waals surface area contributed by atoms with Gasteiger partial charge in [-0.2, -0.15) is 0 Å². The molecule has 0 aromatic heterocycles. The first kappa shape index (κ1) is 20.4. The second kappa shape index (κ2) is 8.80. The smallest absolute Gasteiger partial charge is 0.330 e. The number of rotatable bonds is 1. The molecule has 3 heterocycles. The summed E-state index contributed by atoms with van der Waals surface area (Å²) >= 11 is 1.14. The number of nitrogens with one attached hydrogen (secondary N) is 1. The van der Waals surface area contributed by atoms with Gasteiger partial charge >= 0.3 is 5.97 Å². The van der Waals surface area contributed by atoms with Gasteiger partial charge in [0.25, 0.3) is 5.24 Å². The van der Waals surface area contributed by atoms with Gasteiger partial charge in [-0.15, -0.1) is 0 Å². The zero-order chi connectivity index (χ0) is 19.4. The number of allylic oxidation sites excluding steroid dienone is 3. The van der Waals surface area contributed by atoms with Gasteiger partial charge in [0, 0.05) is 24.7 Å². The molecule has 5 atom stereocenters. The third kappa shape index (κ3) is 5.59. The van der Waals surface area contributed by atoms with E-state index in [2.05, 4.69) is 24.4 Å². The van der Waals surface area contributed by atoms with Crippen LogP contribution in [0.2, 0.25) is 0 Å². The van der Waals surface area contributed by atoms with Crippen molar-refractivity contribution in [1.29, 1.82) is 0 Å². The molecule has 0 saturated carbocycles. The van der Waals surface area contributed by atoms with Gasteiger partial charge < -0.3 is 19.9 Å². The fourth-order valence-electron chi connectivity index (χ4n) is 3.86. The quantitative estimate of drug-likeness (QED) is 0.523. The summed E-state index contributed by atoms with van der Waals surface area (Å²) in [7, 11) is 0. The number of aliphatic hydroxyl groups is 1. The van der Waals surface area contributed by atoms with E-state index >= 15 is 0 Å². The Hall–Kier alpha value is -1.31. The Morgan fingerprint density at radius 3 is 2.85 bits per heavy atom. The molecule has 2 fully saturated rings. The molecule has 1 amide bonds. The molecule has 3 rings (SSSR count). The first-order chi connectivity index (χ1) is 12.8. The number of esters is 1. The van der Waals surface area contributed by atoms with E-state index in [9.17, 15) is 14.7 Å². The SMILES string of the molecule is C/C1=C/C(=O)O[C@@H]2C[C@@H](CCC(C)/C=C\CC1)O[C@@](O)(C1CSC(=O)N1)C2. The van der Waals surface area contributed by atoms with Gasteiger partial charge in [-0.05, 0) is 38.5 Å². The fraction of sp³-hybridized carbons (Fsp3) is 0.700. The van der Waals surface area contributed by atoms with Crippen molar-refractivity contribution in [1.82, 2.24) is 5.32 Å². The molecule has 6 nitrogen and oxygen atoms in total. The van der Waals surface area contributed by atoms with E-state index in [0.717, 1.165) is 43.0 Å². The average molecular weight is 396 g/mol. The van der Waals surface area contributed by atoms with Crippen molar-refractivity contribution in [3.8, 4) is 0 Å². The van der Waals surface area contributed by atoms with E-state index in [1.165, 1.54) is 0 Å². The molecule has 0 radical (unpaired) electrons. The molecule has 2 saturated heterocycles. The molecule has 0 aromatic rings. The summed E-state index contributed by atoms with van der Waals surface area (Å²) < 4.78 is 11.7. The van der Waals surface area contributed by atoms with Crippen molar-refractivity contribution in [3.63, 3.8) is 0 Å². The van der Waals surface area contributed by atoms with Crippen LogP contribution >= 0.6 is 11.8 Å². The normalized spacial score (nSPS) is 41.7. The molecule has 3 aliphatic heterocycles. The molecular formula is C20H29NO5S. The largest absolute Gasteiger partial charge is 0.459 e. The molecule has 2 unspecified atom stereocenters. The topological polar surface area (TPSA) is 84.9 Å². The van der Waals surface area contributed by atoms with Gasteiger partial charge in [-0.3, -0.25) is 4.79 Å². The predicted molar refractivity (Wildman–Crippen MR) is 104 cm³/mol. The predicted octanol–water partition coefficient (Wildman–Crippen LogP) is 3.30. The van der Waals surface area contributed by atoms with Crippen molar-refractivity contribution in [2.45, 2.75) is 76.4 Å². The second-order valence-corrected chi connectivity index (χ2v) is 8.88. The zero-order valence-electron chi connectivity index (χ0n) is 16.0. The van der Waals surface area contributed by atoms with Gasteiger partial charge in [-0.25, -0.2) is 4.79 Å². The lowest BCUT2D eigenvalue weighted by atomic mass is 9.90. The minimum absolute atomic E-state index is 0.160. The maximum Gasteiger partial charge on any atom is 0.330 e. The summed E-state index contributed by atoms with van der Waals surface area (Å²) in [5.41, 5.74) is 0.979. The van der Waals surface area contributed by atoms with Crippen LogP contribution in [0.3, 0.4) is 0 Å². The van der Waals surface area contributed by atoms with Crippen LogP contribution in [0.4, 0.5) is 4.79 Å². The van der Waals surface area contributed by atoms with Crippen LogP contribution < -0.4 is 5.32 Å². The Morgan fingerprint density at radius 1 is 1.30 bits per heavy atom. The number of ether oxygens (including phenoxy) is 2. The first-order valence-electron chi connectivity index (χ1n) is 9.72. The third-order valence-corrected chi connectivity index (χ3v) is 6.28. The monoisotopic (exact) mass is 395 g/mol. The number of thioether (sulfide) groups is 1. The van der Waals surface area contributed by atoms with Crippen LogP contribution in [-0.4, -0.2) is 46.1 Å². The number of fused-ring (bicyclic) bond motifs is 2. The van der Waals surface area contributed by atoms with Gasteiger partial charge in [0.1, 0.15) is 6.10 Å². The molecule has 150 valence electrons. The molecule has 7 heteroatoms. The number of carbonyl (C=O) groups excluding carboxylic acids is 2. The summed E-state index contributed by atoms with van der Waals surface area (Å²) in [4.78, 5) is 23.9. The minimum atomic E-state index is -1.51. The summed E-state index contributed by atoms with van der Waals surface area (Å²) in [5, 5.41) is 13.7. The highest BCUT2D eigenvalue weighted by molar-refractivity contribution is 8.14. The zero-order valence-corrected chi connectivity index (χ0v) is 16.8. The Morgan fingerprint density at radius 2 is 2.11 bits per heavy atom. The summed E-state index contributed by atoms with van der Waals surface area (Å²) in [6.07, 6.45) is 9.42. The molecule has 0 spiro atoms. The number of hydrogen-bond donors (Lipinski definition) is 2. The van der Waals surface area contributed by atoms with Crippen molar-refractivity contribution in [2.24, 2.45) is 5.92 Å². The summed E-state index contributed by atoms with van der Waals surface area (Å²) in [6.45, 7) is 4.10. The van der Waals surface area contributed by atoms with Crippen molar-refractivity contribution >= 4 is 23.0 Å². The lowest BCUT2D eigenvalue weighted by molar-refractivity contribution is -0.283. The summed E-state index contributed by atoms with van der Waals surface area (Å²) in [5.74, 6) is -1.03. The third-order valence-electron chi connectivity index (χ3n) is 5.40.